The molecule has 0 saturated heterocycles. The summed E-state index contributed by atoms with van der Waals surface area (Å²) in [6.45, 7) is 6.94. The molecule has 1 aliphatic carbocycles. The van der Waals surface area contributed by atoms with Crippen LogP contribution < -0.4 is 0 Å². The number of Topliss-reactive ketones (excluding diaryl/α,β-unsaturated/α-hetero) is 1. The maximum atomic E-state index is 12.7. The van der Waals surface area contributed by atoms with E-state index in [1.54, 1.807) is 17.0 Å². The molecule has 7 heteroatoms. The zero-order chi connectivity index (χ0) is 23.5. The molecule has 0 bridgehead atoms. The zero-order valence-electron chi connectivity index (χ0n) is 19.2. The van der Waals surface area contributed by atoms with E-state index in [1.165, 1.54) is 40.2 Å². The van der Waals surface area contributed by atoms with Crippen LogP contribution in [0.5, 0.6) is 5.75 Å². The van der Waals surface area contributed by atoms with Gasteiger partial charge in [-0.3, -0.25) is 14.6 Å². The number of benzene rings is 1. The standard InChI is InChI=1S/C26H28N2O3S2/c1-4-28(5-2)26(31)23-12-11-22(33-23)21(29)14-27-16(3)20-15-32-25(24(20)30)19-10-9-17-7-6-8-18(17)13-19/h9-13,15,30H,4-8,14H2,1-3H3. The van der Waals surface area contributed by atoms with Crippen molar-refractivity contribution in [1.29, 1.82) is 0 Å². The first kappa shape index (κ1) is 23.4. The lowest BCUT2D eigenvalue weighted by atomic mass is 10.0. The molecule has 0 radical (unpaired) electrons. The van der Waals surface area contributed by atoms with Crippen molar-refractivity contribution in [2.24, 2.45) is 4.99 Å². The molecule has 172 valence electrons. The van der Waals surface area contributed by atoms with E-state index < -0.39 is 0 Å². The molecule has 1 N–H and O–H groups in total. The Morgan fingerprint density at radius 2 is 1.79 bits per heavy atom. The highest BCUT2D eigenvalue weighted by molar-refractivity contribution is 7.16. The number of aromatic hydroxyl groups is 1. The topological polar surface area (TPSA) is 70.0 Å². The van der Waals surface area contributed by atoms with Crippen molar-refractivity contribution in [2.45, 2.75) is 40.0 Å². The molecule has 2 aromatic heterocycles. The van der Waals surface area contributed by atoms with Gasteiger partial charge in [0.25, 0.3) is 5.91 Å². The largest absolute Gasteiger partial charge is 0.506 e. The van der Waals surface area contributed by atoms with Crippen molar-refractivity contribution >= 4 is 40.1 Å². The van der Waals surface area contributed by atoms with Crippen LogP contribution in [-0.2, 0) is 12.8 Å². The van der Waals surface area contributed by atoms with Crippen molar-refractivity contribution in [1.82, 2.24) is 4.90 Å². The van der Waals surface area contributed by atoms with Crippen molar-refractivity contribution < 1.29 is 14.7 Å². The molecule has 0 aliphatic heterocycles. The Morgan fingerprint density at radius 1 is 1.06 bits per heavy atom. The van der Waals surface area contributed by atoms with Crippen molar-refractivity contribution in [3.8, 4) is 16.2 Å². The van der Waals surface area contributed by atoms with Crippen LogP contribution in [0.2, 0.25) is 0 Å². The van der Waals surface area contributed by atoms with E-state index in [1.807, 2.05) is 26.2 Å². The highest BCUT2D eigenvalue weighted by atomic mass is 32.1. The highest BCUT2D eigenvalue weighted by Gasteiger charge is 2.19. The number of hydrogen-bond donors (Lipinski definition) is 1. The molecule has 3 aromatic rings. The third kappa shape index (κ3) is 4.80. The monoisotopic (exact) mass is 480 g/mol. The molecular formula is C26H28N2O3S2. The third-order valence-corrected chi connectivity index (χ3v) is 8.25. The van der Waals surface area contributed by atoms with Crippen LogP contribution in [0, 0.1) is 0 Å². The number of ketones is 1. The summed E-state index contributed by atoms with van der Waals surface area (Å²) in [5.74, 6) is 0.0346. The average molecular weight is 481 g/mol. The summed E-state index contributed by atoms with van der Waals surface area (Å²) in [5, 5.41) is 12.7. The number of rotatable bonds is 8. The van der Waals surface area contributed by atoms with Crippen molar-refractivity contribution in [3.63, 3.8) is 0 Å². The molecule has 1 amide bonds. The van der Waals surface area contributed by atoms with E-state index in [9.17, 15) is 14.7 Å². The summed E-state index contributed by atoms with van der Waals surface area (Å²) < 4.78 is 0. The Bertz CT molecular complexity index is 1220. The lowest BCUT2D eigenvalue weighted by Crippen LogP contribution is -2.29. The molecule has 0 saturated carbocycles. The second-order valence-electron chi connectivity index (χ2n) is 8.13. The van der Waals surface area contributed by atoms with Crippen LogP contribution in [0.1, 0.15) is 63.2 Å². The maximum absolute atomic E-state index is 12.7. The summed E-state index contributed by atoms with van der Waals surface area (Å²) in [5.41, 5.74) is 5.08. The van der Waals surface area contributed by atoms with Crippen LogP contribution in [0.3, 0.4) is 0 Å². The molecular weight excluding hydrogens is 452 g/mol. The second kappa shape index (κ2) is 10.0. The van der Waals surface area contributed by atoms with E-state index in [0.717, 1.165) is 23.3 Å². The van der Waals surface area contributed by atoms with E-state index >= 15 is 0 Å². The Balaban J connectivity index is 1.47. The molecule has 0 unspecified atom stereocenters. The van der Waals surface area contributed by atoms with Gasteiger partial charge in [-0.1, -0.05) is 12.1 Å². The lowest BCUT2D eigenvalue weighted by molar-refractivity contribution is 0.0777. The van der Waals surface area contributed by atoms with Crippen LogP contribution >= 0.6 is 22.7 Å². The minimum absolute atomic E-state index is 0.0191. The van der Waals surface area contributed by atoms with E-state index in [-0.39, 0.29) is 24.0 Å². The fraction of sp³-hybridized carbons (Fsp3) is 0.346. The predicted molar refractivity (Wildman–Crippen MR) is 136 cm³/mol. The van der Waals surface area contributed by atoms with Crippen molar-refractivity contribution in [3.05, 3.63) is 62.2 Å². The summed E-state index contributed by atoms with van der Waals surface area (Å²) in [6, 6.07) is 9.83. The minimum Gasteiger partial charge on any atom is -0.506 e. The first-order valence-electron chi connectivity index (χ1n) is 11.3. The predicted octanol–water partition coefficient (Wildman–Crippen LogP) is 5.84. The molecule has 0 atom stereocenters. The van der Waals surface area contributed by atoms with Crippen molar-refractivity contribution in [2.75, 3.05) is 19.6 Å². The number of hydrogen-bond acceptors (Lipinski definition) is 6. The van der Waals surface area contributed by atoms with E-state index in [0.29, 0.717) is 34.1 Å². The van der Waals surface area contributed by atoms with E-state index in [4.69, 9.17) is 0 Å². The second-order valence-corrected chi connectivity index (χ2v) is 10.1. The van der Waals surface area contributed by atoms with Gasteiger partial charge in [0.15, 0.2) is 5.78 Å². The fourth-order valence-corrected chi connectivity index (χ4v) is 6.06. The maximum Gasteiger partial charge on any atom is 0.263 e. The Kier molecular flexibility index (Phi) is 7.10. The molecule has 4 rings (SSSR count). The molecule has 5 nitrogen and oxygen atoms in total. The fourth-order valence-electron chi connectivity index (χ4n) is 4.15. The van der Waals surface area contributed by atoms with Crippen LogP contribution in [0.4, 0.5) is 0 Å². The van der Waals surface area contributed by atoms with Crippen LogP contribution in [0.15, 0.2) is 40.7 Å². The number of nitrogens with zero attached hydrogens (tertiary/aromatic N) is 2. The Labute approximate surface area is 202 Å². The molecule has 0 spiro atoms. The molecule has 1 aliphatic rings. The molecule has 0 fully saturated rings. The van der Waals surface area contributed by atoms with Gasteiger partial charge >= 0.3 is 0 Å². The Hall–Kier alpha value is -2.77. The number of carbonyl (C=O) groups is 2. The number of thiophene rings is 2. The number of carbonyl (C=O) groups excluding carboxylic acids is 2. The number of fused-ring (bicyclic) bond motifs is 1. The van der Waals surface area contributed by atoms with Gasteiger partial charge in [-0.05, 0) is 74.9 Å². The summed E-state index contributed by atoms with van der Waals surface area (Å²) in [4.78, 5) is 33.2. The first-order chi connectivity index (χ1) is 15.9. The van der Waals surface area contributed by atoms with Gasteiger partial charge in [0, 0.05) is 29.7 Å². The SMILES string of the molecule is CCN(CC)C(=O)c1ccc(C(=O)CN=C(C)c2csc(-c3ccc4c(c3)CCC4)c2O)s1. The molecule has 1 aromatic carbocycles. The molecule has 33 heavy (non-hydrogen) atoms. The highest BCUT2D eigenvalue weighted by Crippen LogP contribution is 2.40. The zero-order valence-corrected chi connectivity index (χ0v) is 20.8. The smallest absolute Gasteiger partial charge is 0.263 e. The van der Waals surface area contributed by atoms with Gasteiger partial charge in [-0.25, -0.2) is 0 Å². The summed E-state index contributed by atoms with van der Waals surface area (Å²) in [7, 11) is 0. The van der Waals surface area contributed by atoms with Gasteiger partial charge in [-0.2, -0.15) is 0 Å². The summed E-state index contributed by atoms with van der Waals surface area (Å²) in [6.07, 6.45) is 3.41. The average Bonchev–Trinajstić information content (AvgIpc) is 3.57. The van der Waals surface area contributed by atoms with Gasteiger partial charge in [-0.15, -0.1) is 22.7 Å². The van der Waals surface area contributed by atoms with E-state index in [2.05, 4.69) is 23.2 Å². The number of aliphatic imine (C=N–C) groups is 1. The van der Waals surface area contributed by atoms with Gasteiger partial charge < -0.3 is 10.0 Å². The van der Waals surface area contributed by atoms with Gasteiger partial charge in [0.1, 0.15) is 12.3 Å². The normalized spacial score (nSPS) is 13.2. The van der Waals surface area contributed by atoms with Gasteiger partial charge in [0.05, 0.1) is 14.6 Å². The minimum atomic E-state index is -0.133. The number of amides is 1. The molecule has 2 heterocycles. The summed E-state index contributed by atoms with van der Waals surface area (Å²) >= 11 is 2.70. The van der Waals surface area contributed by atoms with Crippen LogP contribution in [-0.4, -0.2) is 47.0 Å². The third-order valence-electron chi connectivity index (χ3n) is 6.12. The van der Waals surface area contributed by atoms with Gasteiger partial charge in [0.2, 0.25) is 0 Å². The lowest BCUT2D eigenvalue weighted by Gasteiger charge is -2.17. The Morgan fingerprint density at radius 3 is 2.55 bits per heavy atom. The quantitative estimate of drug-likeness (QED) is 0.325. The van der Waals surface area contributed by atoms with Crippen LogP contribution in [0.25, 0.3) is 10.4 Å². The number of aryl methyl sites for hydroxylation is 2. The first-order valence-corrected chi connectivity index (χ1v) is 13.0.